The Labute approximate surface area is 131 Å². The smallest absolute Gasteiger partial charge is 0.0242 e. The predicted octanol–water partition coefficient (Wildman–Crippen LogP) is 4.01. The highest BCUT2D eigenvalue weighted by Crippen LogP contribution is 2.14. The third kappa shape index (κ3) is 6.92. The fourth-order valence-electron chi connectivity index (χ4n) is 2.37. The molecule has 118 valence electrons. The van der Waals surface area contributed by atoms with E-state index in [0.29, 0.717) is 6.04 Å². The van der Waals surface area contributed by atoms with Crippen LogP contribution in [0.15, 0.2) is 36.9 Å². The quantitative estimate of drug-likeness (QED) is 0.727. The third-order valence-corrected chi connectivity index (χ3v) is 3.64. The van der Waals surface area contributed by atoms with Crippen molar-refractivity contribution in [1.82, 2.24) is 10.2 Å². The number of hydrogen-bond acceptors (Lipinski definition) is 2. The molecule has 0 aliphatic heterocycles. The highest BCUT2D eigenvalue weighted by atomic mass is 15.1. The van der Waals surface area contributed by atoms with Crippen molar-refractivity contribution in [2.45, 2.75) is 59.2 Å². The highest BCUT2D eigenvalue weighted by molar-refractivity contribution is 5.27. The van der Waals surface area contributed by atoms with Gasteiger partial charge in [-0.1, -0.05) is 30.3 Å². The van der Waals surface area contributed by atoms with Gasteiger partial charge in [0.15, 0.2) is 0 Å². The summed E-state index contributed by atoms with van der Waals surface area (Å²) < 4.78 is 0. The number of nitrogens with zero attached hydrogens (tertiary/aromatic N) is 1. The van der Waals surface area contributed by atoms with Crippen LogP contribution in [-0.2, 0) is 13.0 Å². The minimum Gasteiger partial charge on any atom is -0.312 e. The Balaban J connectivity index is 2.71. The lowest BCUT2D eigenvalue weighted by atomic mass is 10.0. The van der Waals surface area contributed by atoms with Gasteiger partial charge in [0.2, 0.25) is 0 Å². The first kappa shape index (κ1) is 17.9. The molecule has 0 fully saturated rings. The largest absolute Gasteiger partial charge is 0.312 e. The highest BCUT2D eigenvalue weighted by Gasteiger charge is 2.12. The molecule has 0 aliphatic carbocycles. The van der Waals surface area contributed by atoms with Gasteiger partial charge in [0, 0.05) is 24.7 Å². The Morgan fingerprint density at radius 1 is 1.19 bits per heavy atom. The van der Waals surface area contributed by atoms with Crippen LogP contribution in [0.2, 0.25) is 0 Å². The molecule has 0 amide bonds. The number of rotatable bonds is 8. The Bertz CT molecular complexity index is 429. The predicted molar refractivity (Wildman–Crippen MR) is 93.6 cm³/mol. The summed E-state index contributed by atoms with van der Waals surface area (Å²) in [4.78, 5) is 2.45. The van der Waals surface area contributed by atoms with Crippen molar-refractivity contribution in [2.75, 3.05) is 13.1 Å². The Hall–Kier alpha value is -1.12. The van der Waals surface area contributed by atoms with E-state index in [1.165, 1.54) is 11.1 Å². The fourth-order valence-corrected chi connectivity index (χ4v) is 2.37. The molecular weight excluding hydrogens is 256 g/mol. The van der Waals surface area contributed by atoms with Gasteiger partial charge in [-0.2, -0.15) is 0 Å². The van der Waals surface area contributed by atoms with Crippen molar-refractivity contribution in [2.24, 2.45) is 0 Å². The summed E-state index contributed by atoms with van der Waals surface area (Å²) in [6.45, 7) is 17.9. The standard InChI is InChI=1S/C19H32N2/c1-7-14-21(16(2)3)15-18-11-9-8-10-17(18)12-13-20-19(4,5)6/h7-11,16,20H,1,12-15H2,2-6H3. The van der Waals surface area contributed by atoms with Crippen molar-refractivity contribution in [3.8, 4) is 0 Å². The van der Waals surface area contributed by atoms with E-state index in [1.54, 1.807) is 0 Å². The first-order chi connectivity index (χ1) is 9.83. The van der Waals surface area contributed by atoms with Gasteiger partial charge >= 0.3 is 0 Å². The van der Waals surface area contributed by atoms with E-state index in [2.05, 4.69) is 75.7 Å². The Morgan fingerprint density at radius 3 is 2.33 bits per heavy atom. The molecule has 0 aromatic heterocycles. The van der Waals surface area contributed by atoms with E-state index in [-0.39, 0.29) is 5.54 Å². The molecule has 0 saturated heterocycles. The van der Waals surface area contributed by atoms with Crippen molar-refractivity contribution >= 4 is 0 Å². The normalized spacial score (nSPS) is 12.1. The molecule has 1 aromatic carbocycles. The molecule has 1 aromatic rings. The van der Waals surface area contributed by atoms with E-state index in [1.807, 2.05) is 6.08 Å². The molecule has 0 unspecified atom stereocenters. The molecule has 21 heavy (non-hydrogen) atoms. The number of hydrogen-bond donors (Lipinski definition) is 1. The fraction of sp³-hybridized carbons (Fsp3) is 0.579. The minimum atomic E-state index is 0.182. The zero-order chi connectivity index (χ0) is 15.9. The maximum atomic E-state index is 3.87. The van der Waals surface area contributed by atoms with Crippen LogP contribution in [0, 0.1) is 0 Å². The first-order valence-electron chi connectivity index (χ1n) is 8.00. The second-order valence-corrected chi connectivity index (χ2v) is 7.01. The third-order valence-electron chi connectivity index (χ3n) is 3.64. The van der Waals surface area contributed by atoms with Crippen LogP contribution >= 0.6 is 0 Å². The van der Waals surface area contributed by atoms with Gasteiger partial charge in [-0.15, -0.1) is 6.58 Å². The molecule has 0 saturated carbocycles. The van der Waals surface area contributed by atoms with Gasteiger partial charge < -0.3 is 5.32 Å². The van der Waals surface area contributed by atoms with Gasteiger partial charge in [0.25, 0.3) is 0 Å². The maximum absolute atomic E-state index is 3.87. The lowest BCUT2D eigenvalue weighted by Gasteiger charge is -2.26. The molecule has 1 rings (SSSR count). The van der Waals surface area contributed by atoms with Gasteiger partial charge in [0.1, 0.15) is 0 Å². The van der Waals surface area contributed by atoms with Crippen LogP contribution in [0.1, 0.15) is 45.7 Å². The molecular formula is C19H32N2. The van der Waals surface area contributed by atoms with E-state index in [0.717, 1.165) is 26.1 Å². The van der Waals surface area contributed by atoms with Crippen molar-refractivity contribution in [1.29, 1.82) is 0 Å². The monoisotopic (exact) mass is 288 g/mol. The molecule has 0 bridgehead atoms. The molecule has 2 nitrogen and oxygen atoms in total. The van der Waals surface area contributed by atoms with Crippen LogP contribution in [0.3, 0.4) is 0 Å². The molecule has 0 radical (unpaired) electrons. The second-order valence-electron chi connectivity index (χ2n) is 7.01. The van der Waals surface area contributed by atoms with Crippen LogP contribution < -0.4 is 5.32 Å². The Morgan fingerprint density at radius 2 is 1.81 bits per heavy atom. The van der Waals surface area contributed by atoms with Gasteiger partial charge in [-0.3, -0.25) is 4.90 Å². The average molecular weight is 288 g/mol. The van der Waals surface area contributed by atoms with E-state index in [4.69, 9.17) is 0 Å². The van der Waals surface area contributed by atoms with Gasteiger partial charge in [-0.25, -0.2) is 0 Å². The summed E-state index contributed by atoms with van der Waals surface area (Å²) in [5.74, 6) is 0. The van der Waals surface area contributed by atoms with Crippen molar-refractivity contribution < 1.29 is 0 Å². The van der Waals surface area contributed by atoms with Crippen LogP contribution in [0.5, 0.6) is 0 Å². The van der Waals surface area contributed by atoms with Crippen LogP contribution in [0.4, 0.5) is 0 Å². The summed E-state index contributed by atoms with van der Waals surface area (Å²) >= 11 is 0. The zero-order valence-corrected chi connectivity index (χ0v) is 14.4. The SMILES string of the molecule is C=CCN(Cc1ccccc1CCNC(C)(C)C)C(C)C. The zero-order valence-electron chi connectivity index (χ0n) is 14.4. The summed E-state index contributed by atoms with van der Waals surface area (Å²) in [6.07, 6.45) is 3.07. The van der Waals surface area contributed by atoms with E-state index < -0.39 is 0 Å². The van der Waals surface area contributed by atoms with Crippen LogP contribution in [0.25, 0.3) is 0 Å². The lowest BCUT2D eigenvalue weighted by Crippen LogP contribution is -2.37. The number of benzene rings is 1. The summed E-state index contributed by atoms with van der Waals surface area (Å²) in [5, 5.41) is 3.57. The molecule has 0 spiro atoms. The molecule has 0 heterocycles. The van der Waals surface area contributed by atoms with Gasteiger partial charge in [-0.05, 0) is 58.7 Å². The topological polar surface area (TPSA) is 15.3 Å². The van der Waals surface area contributed by atoms with E-state index in [9.17, 15) is 0 Å². The summed E-state index contributed by atoms with van der Waals surface area (Å²) in [5.41, 5.74) is 3.06. The molecule has 1 N–H and O–H groups in total. The van der Waals surface area contributed by atoms with Crippen LogP contribution in [-0.4, -0.2) is 29.6 Å². The first-order valence-corrected chi connectivity index (χ1v) is 8.00. The number of nitrogens with one attached hydrogen (secondary N) is 1. The minimum absolute atomic E-state index is 0.182. The maximum Gasteiger partial charge on any atom is 0.0242 e. The second kappa shape index (κ2) is 8.35. The van der Waals surface area contributed by atoms with E-state index >= 15 is 0 Å². The summed E-state index contributed by atoms with van der Waals surface area (Å²) in [7, 11) is 0. The van der Waals surface area contributed by atoms with Gasteiger partial charge in [0.05, 0.1) is 0 Å². The molecule has 0 atom stereocenters. The summed E-state index contributed by atoms with van der Waals surface area (Å²) in [6, 6.07) is 9.33. The van der Waals surface area contributed by atoms with Crippen molar-refractivity contribution in [3.63, 3.8) is 0 Å². The molecule has 0 aliphatic rings. The Kier molecular flexibility index (Phi) is 7.13. The average Bonchev–Trinajstić information content (AvgIpc) is 2.38. The van der Waals surface area contributed by atoms with Crippen molar-refractivity contribution in [3.05, 3.63) is 48.0 Å². The molecule has 2 heteroatoms. The lowest BCUT2D eigenvalue weighted by molar-refractivity contribution is 0.236.